The van der Waals surface area contributed by atoms with E-state index in [9.17, 15) is 9.67 Å². The Morgan fingerprint density at radius 2 is 1.11 bits per heavy atom. The first-order valence-electron chi connectivity index (χ1n) is 7.90. The third-order valence-electron chi connectivity index (χ3n) is 3.44. The summed E-state index contributed by atoms with van der Waals surface area (Å²) >= 11 is 0. The van der Waals surface area contributed by atoms with Gasteiger partial charge in [0.1, 0.15) is 17.2 Å². The van der Waals surface area contributed by atoms with Crippen LogP contribution in [-0.4, -0.2) is 14.9 Å². The van der Waals surface area contributed by atoms with Gasteiger partial charge in [0.15, 0.2) is 0 Å². The number of phosphoric acid groups is 1. The number of hydrogen-bond acceptors (Lipinski definition) is 5. The summed E-state index contributed by atoms with van der Waals surface area (Å²) < 4.78 is 26.8. The first-order chi connectivity index (χ1) is 12.8. The van der Waals surface area contributed by atoms with Crippen LogP contribution in [0.1, 0.15) is 5.56 Å². The molecule has 0 saturated carbocycles. The lowest BCUT2D eigenvalue weighted by Gasteiger charge is -2.29. The van der Waals surface area contributed by atoms with Crippen LogP contribution >= 0.6 is 7.82 Å². The van der Waals surface area contributed by atoms with E-state index < -0.39 is 13.8 Å². The number of rotatable bonds is 7. The van der Waals surface area contributed by atoms with Gasteiger partial charge in [0.25, 0.3) is 0 Å². The van der Waals surface area contributed by atoms with E-state index >= 15 is 0 Å². The van der Waals surface area contributed by atoms with Gasteiger partial charge in [0, 0.05) is 0 Å². The third kappa shape index (κ3) is 5.32. The van der Waals surface area contributed by atoms with Crippen molar-refractivity contribution in [2.75, 3.05) is 0 Å². The minimum atomic E-state index is -4.68. The lowest BCUT2D eigenvalue weighted by molar-refractivity contribution is -0.284. The van der Waals surface area contributed by atoms with E-state index in [2.05, 4.69) is 4.52 Å². The smallest absolute Gasteiger partial charge is 0.426 e. The average molecular weight is 388 g/mol. The van der Waals surface area contributed by atoms with Crippen molar-refractivity contribution < 1.29 is 33.5 Å². The van der Waals surface area contributed by atoms with Crippen LogP contribution in [0.3, 0.4) is 0 Å². The van der Waals surface area contributed by atoms with Gasteiger partial charge in [-0.15, -0.1) is 0 Å². The molecule has 3 rings (SSSR count). The van der Waals surface area contributed by atoms with Crippen molar-refractivity contribution >= 4 is 7.82 Å². The minimum Gasteiger partial charge on any atom is -0.426 e. The van der Waals surface area contributed by atoms with Gasteiger partial charge in [0.05, 0.1) is 5.56 Å². The molecule has 0 bridgehead atoms. The number of aliphatic hydroxyl groups is 1. The zero-order chi connectivity index (χ0) is 19.3. The molecule has 3 aromatic carbocycles. The normalized spacial score (nSPS) is 11.7. The largest absolute Gasteiger partial charge is 0.524 e. The first-order valence-corrected chi connectivity index (χ1v) is 9.43. The highest BCUT2D eigenvalue weighted by Crippen LogP contribution is 2.38. The highest BCUT2D eigenvalue weighted by Gasteiger charge is 2.35. The molecule has 3 aromatic rings. The second-order valence-corrected chi connectivity index (χ2v) is 6.68. The molecule has 0 saturated heterocycles. The minimum absolute atomic E-state index is 0.0612. The highest BCUT2D eigenvalue weighted by atomic mass is 31.2. The molecular formula is C19H17O7P. The molecule has 7 nitrogen and oxygen atoms in total. The number of ether oxygens (including phenoxy) is 2. The van der Waals surface area contributed by atoms with Gasteiger partial charge in [0.2, 0.25) is 0 Å². The van der Waals surface area contributed by atoms with E-state index in [1.165, 1.54) is 24.3 Å². The van der Waals surface area contributed by atoms with Crippen LogP contribution in [0, 0.1) is 0 Å². The molecule has 0 aliphatic carbocycles. The zero-order valence-electron chi connectivity index (χ0n) is 14.0. The predicted octanol–water partition coefficient (Wildman–Crippen LogP) is 3.42. The summed E-state index contributed by atoms with van der Waals surface area (Å²) in [6.45, 7) is 0. The Morgan fingerprint density at radius 3 is 1.52 bits per heavy atom. The van der Waals surface area contributed by atoms with E-state index in [0.29, 0.717) is 11.5 Å². The molecular weight excluding hydrogens is 371 g/mol. The van der Waals surface area contributed by atoms with Gasteiger partial charge in [-0.1, -0.05) is 36.4 Å². The maximum Gasteiger partial charge on any atom is 0.524 e. The Kier molecular flexibility index (Phi) is 5.48. The van der Waals surface area contributed by atoms with Crippen molar-refractivity contribution in [3.05, 3.63) is 90.5 Å². The van der Waals surface area contributed by atoms with Crippen LogP contribution in [0.25, 0.3) is 0 Å². The molecule has 0 aromatic heterocycles. The summed E-state index contributed by atoms with van der Waals surface area (Å²) in [5.74, 6) is -1.50. The fraction of sp³-hybridized carbons (Fsp3) is 0.0526. The maximum atomic E-state index is 11.1. The van der Waals surface area contributed by atoms with Crippen molar-refractivity contribution in [3.8, 4) is 17.2 Å². The molecule has 27 heavy (non-hydrogen) atoms. The Bertz CT molecular complexity index is 866. The summed E-state index contributed by atoms with van der Waals surface area (Å²) in [6, 6.07) is 22.6. The Balaban J connectivity index is 1.92. The van der Waals surface area contributed by atoms with E-state index in [1.807, 2.05) is 0 Å². The highest BCUT2D eigenvalue weighted by molar-refractivity contribution is 7.46. The van der Waals surface area contributed by atoms with Gasteiger partial charge < -0.3 is 19.1 Å². The number of hydrogen-bond donors (Lipinski definition) is 3. The number of benzene rings is 3. The van der Waals surface area contributed by atoms with Gasteiger partial charge in [-0.2, -0.15) is 0 Å². The molecule has 0 heterocycles. The van der Waals surface area contributed by atoms with Crippen LogP contribution in [0.2, 0.25) is 0 Å². The summed E-state index contributed by atoms with van der Waals surface area (Å²) in [7, 11) is -4.68. The molecule has 0 unspecified atom stereocenters. The van der Waals surface area contributed by atoms with Crippen LogP contribution in [0.5, 0.6) is 17.2 Å². The van der Waals surface area contributed by atoms with Gasteiger partial charge in [-0.3, -0.25) is 9.79 Å². The Morgan fingerprint density at radius 1 is 0.667 bits per heavy atom. The van der Waals surface area contributed by atoms with Crippen LogP contribution < -0.4 is 14.0 Å². The SMILES string of the molecule is O=P(O)(O)Oc1ccc(C(O)(Oc2ccccc2)Oc2ccccc2)cc1. The predicted molar refractivity (Wildman–Crippen MR) is 97.2 cm³/mol. The number of para-hydroxylation sites is 2. The molecule has 0 radical (unpaired) electrons. The summed E-state index contributed by atoms with van der Waals surface area (Å²) in [5, 5.41) is 11.1. The summed E-state index contributed by atoms with van der Waals surface area (Å²) in [5.41, 5.74) is 0.202. The summed E-state index contributed by atoms with van der Waals surface area (Å²) in [4.78, 5) is 17.8. The Hall–Kier alpha value is -2.83. The first kappa shape index (κ1) is 18.9. The van der Waals surface area contributed by atoms with E-state index in [0.717, 1.165) is 0 Å². The van der Waals surface area contributed by atoms with Crippen LogP contribution in [-0.2, 0) is 10.5 Å². The molecule has 0 spiro atoms. The summed E-state index contributed by atoms with van der Waals surface area (Å²) in [6.07, 6.45) is 0. The molecule has 0 fully saturated rings. The van der Waals surface area contributed by atoms with E-state index in [-0.39, 0.29) is 11.3 Å². The molecule has 3 N–H and O–H groups in total. The number of phosphoric ester groups is 1. The van der Waals surface area contributed by atoms with Crippen molar-refractivity contribution in [1.29, 1.82) is 0 Å². The fourth-order valence-electron chi connectivity index (χ4n) is 2.30. The van der Waals surface area contributed by atoms with Crippen LogP contribution in [0.4, 0.5) is 0 Å². The second kappa shape index (κ2) is 7.82. The van der Waals surface area contributed by atoms with Crippen molar-refractivity contribution in [1.82, 2.24) is 0 Å². The topological polar surface area (TPSA) is 105 Å². The zero-order valence-corrected chi connectivity index (χ0v) is 14.9. The molecule has 0 aliphatic heterocycles. The van der Waals surface area contributed by atoms with Crippen molar-refractivity contribution in [2.45, 2.75) is 5.97 Å². The second-order valence-electron chi connectivity index (χ2n) is 5.52. The average Bonchev–Trinajstić information content (AvgIpc) is 2.62. The van der Waals surface area contributed by atoms with E-state index in [1.54, 1.807) is 60.7 Å². The standard InChI is InChI=1S/C19H17O7P/c20-19(24-16-7-3-1-4-8-16,25-17-9-5-2-6-10-17)15-11-13-18(14-12-15)26-27(21,22)23/h1-14,20H,(H2,21,22,23). The van der Waals surface area contributed by atoms with Crippen molar-refractivity contribution in [2.24, 2.45) is 0 Å². The van der Waals surface area contributed by atoms with E-state index in [4.69, 9.17) is 19.3 Å². The lowest BCUT2D eigenvalue weighted by Crippen LogP contribution is -2.39. The lowest BCUT2D eigenvalue weighted by atomic mass is 10.1. The molecule has 140 valence electrons. The molecule has 0 aliphatic rings. The molecule has 8 heteroatoms. The fourth-order valence-corrected chi connectivity index (χ4v) is 2.70. The monoisotopic (exact) mass is 388 g/mol. The Labute approximate surface area is 155 Å². The van der Waals surface area contributed by atoms with Crippen LogP contribution in [0.15, 0.2) is 84.9 Å². The van der Waals surface area contributed by atoms with Gasteiger partial charge in [-0.25, -0.2) is 4.57 Å². The van der Waals surface area contributed by atoms with Gasteiger partial charge >= 0.3 is 13.8 Å². The third-order valence-corrected chi connectivity index (χ3v) is 3.89. The van der Waals surface area contributed by atoms with Gasteiger partial charge in [-0.05, 0) is 48.5 Å². The maximum absolute atomic E-state index is 11.1. The van der Waals surface area contributed by atoms with Crippen molar-refractivity contribution in [3.63, 3.8) is 0 Å². The molecule has 0 atom stereocenters. The molecule has 0 amide bonds. The quantitative estimate of drug-likeness (QED) is 0.421.